The van der Waals surface area contributed by atoms with Gasteiger partial charge in [-0.3, -0.25) is 9.48 Å². The first-order valence-electron chi connectivity index (χ1n) is 4.98. The van der Waals surface area contributed by atoms with Crippen LogP contribution in [-0.2, 0) is 4.79 Å². The van der Waals surface area contributed by atoms with E-state index in [1.54, 1.807) is 10.9 Å². The maximum Gasteiger partial charge on any atom is 0.244 e. The summed E-state index contributed by atoms with van der Waals surface area (Å²) in [7, 11) is 0. The molecule has 1 heterocycles. The number of hydrogen-bond donors (Lipinski definition) is 1. The van der Waals surface area contributed by atoms with Crippen LogP contribution in [0.5, 0.6) is 0 Å². The number of amides is 1. The van der Waals surface area contributed by atoms with Gasteiger partial charge in [0.05, 0.1) is 9.77 Å². The van der Waals surface area contributed by atoms with Gasteiger partial charge in [0.15, 0.2) is 0 Å². The summed E-state index contributed by atoms with van der Waals surface area (Å²) in [6.07, 6.45) is 3.60. The molecule has 84 valence electrons. The Balaban J connectivity index is 2.53. The molecular formula is C10H16IN3O. The normalized spacial score (nSPS) is 12.9. The van der Waals surface area contributed by atoms with Crippen LogP contribution < -0.4 is 5.32 Å². The van der Waals surface area contributed by atoms with Crippen LogP contribution in [0.25, 0.3) is 0 Å². The van der Waals surface area contributed by atoms with Crippen molar-refractivity contribution in [1.29, 1.82) is 0 Å². The Morgan fingerprint density at radius 1 is 1.60 bits per heavy atom. The molecule has 1 amide bonds. The molecular weight excluding hydrogens is 305 g/mol. The molecule has 0 aliphatic carbocycles. The third-order valence-electron chi connectivity index (χ3n) is 2.03. The van der Waals surface area contributed by atoms with Crippen LogP contribution in [0.2, 0.25) is 0 Å². The van der Waals surface area contributed by atoms with E-state index in [4.69, 9.17) is 0 Å². The molecule has 1 N–H and O–H groups in total. The van der Waals surface area contributed by atoms with Crippen molar-refractivity contribution in [2.45, 2.75) is 26.8 Å². The maximum atomic E-state index is 11.7. The highest BCUT2D eigenvalue weighted by atomic mass is 127. The molecule has 0 bridgehead atoms. The molecule has 1 aromatic heterocycles. The van der Waals surface area contributed by atoms with E-state index in [9.17, 15) is 4.79 Å². The summed E-state index contributed by atoms with van der Waals surface area (Å²) in [4.78, 5) is 11.7. The van der Waals surface area contributed by atoms with Crippen molar-refractivity contribution >= 4 is 28.5 Å². The van der Waals surface area contributed by atoms with Gasteiger partial charge in [0.2, 0.25) is 5.91 Å². The van der Waals surface area contributed by atoms with Crippen LogP contribution in [0.4, 0.5) is 0 Å². The molecule has 0 saturated carbocycles. The molecule has 0 radical (unpaired) electrons. The number of aromatic nitrogens is 2. The third kappa shape index (κ3) is 3.81. The number of carbonyl (C=O) groups excluding carboxylic acids is 1. The lowest BCUT2D eigenvalue weighted by atomic mass is 10.2. The molecule has 0 unspecified atom stereocenters. The molecule has 0 fully saturated rings. The van der Waals surface area contributed by atoms with E-state index in [2.05, 4.69) is 46.9 Å². The molecule has 0 aliphatic heterocycles. The molecule has 4 nitrogen and oxygen atoms in total. The minimum absolute atomic E-state index is 0.0169. The first kappa shape index (κ1) is 12.5. The fourth-order valence-electron chi connectivity index (χ4n) is 1.10. The van der Waals surface area contributed by atoms with Crippen LogP contribution in [0.3, 0.4) is 0 Å². The van der Waals surface area contributed by atoms with E-state index in [1.165, 1.54) is 0 Å². The number of rotatable bonds is 4. The number of carbonyl (C=O) groups is 1. The van der Waals surface area contributed by atoms with Crippen molar-refractivity contribution in [2.24, 2.45) is 5.92 Å². The van der Waals surface area contributed by atoms with Crippen molar-refractivity contribution in [3.8, 4) is 0 Å². The van der Waals surface area contributed by atoms with E-state index in [1.807, 2.05) is 13.1 Å². The summed E-state index contributed by atoms with van der Waals surface area (Å²) >= 11 is 2.17. The van der Waals surface area contributed by atoms with Crippen LogP contribution in [0.1, 0.15) is 26.8 Å². The van der Waals surface area contributed by atoms with Crippen molar-refractivity contribution in [3.05, 3.63) is 16.0 Å². The number of halogens is 1. The summed E-state index contributed by atoms with van der Waals surface area (Å²) in [5.74, 6) is 0.488. The van der Waals surface area contributed by atoms with Crippen molar-refractivity contribution in [2.75, 3.05) is 6.54 Å². The first-order chi connectivity index (χ1) is 7.00. The summed E-state index contributed by atoms with van der Waals surface area (Å²) in [5.41, 5.74) is 0. The highest BCUT2D eigenvalue weighted by Gasteiger charge is 2.15. The standard InChI is InChI=1S/C10H16IN3O/c1-7(2)4-12-10(15)8(3)14-6-9(11)5-13-14/h5-8H,4H2,1-3H3,(H,12,15)/t8-/m0/s1. The van der Waals surface area contributed by atoms with Gasteiger partial charge in [-0.05, 0) is 35.4 Å². The van der Waals surface area contributed by atoms with Gasteiger partial charge in [0, 0.05) is 12.7 Å². The Hall–Kier alpha value is -0.590. The lowest BCUT2D eigenvalue weighted by Gasteiger charge is -2.13. The SMILES string of the molecule is CC(C)CNC(=O)[C@H](C)n1cc(I)cn1. The lowest BCUT2D eigenvalue weighted by Crippen LogP contribution is -2.33. The van der Waals surface area contributed by atoms with Crippen LogP contribution in [0, 0.1) is 9.49 Å². The Labute approximate surface area is 104 Å². The van der Waals surface area contributed by atoms with Crippen LogP contribution in [0.15, 0.2) is 12.4 Å². The van der Waals surface area contributed by atoms with Gasteiger partial charge in [-0.1, -0.05) is 13.8 Å². The molecule has 1 aromatic rings. The van der Waals surface area contributed by atoms with Gasteiger partial charge in [-0.2, -0.15) is 5.10 Å². The summed E-state index contributed by atoms with van der Waals surface area (Å²) in [6.45, 7) is 6.70. The fraction of sp³-hybridized carbons (Fsp3) is 0.600. The first-order valence-corrected chi connectivity index (χ1v) is 6.06. The molecule has 0 saturated heterocycles. The third-order valence-corrected chi connectivity index (χ3v) is 2.59. The highest BCUT2D eigenvalue weighted by Crippen LogP contribution is 2.08. The predicted molar refractivity (Wildman–Crippen MR) is 67.5 cm³/mol. The molecule has 0 aromatic carbocycles. The Morgan fingerprint density at radius 2 is 2.27 bits per heavy atom. The summed E-state index contributed by atoms with van der Waals surface area (Å²) in [6, 6.07) is -0.243. The largest absolute Gasteiger partial charge is 0.354 e. The molecule has 1 atom stereocenters. The summed E-state index contributed by atoms with van der Waals surface area (Å²) < 4.78 is 2.72. The molecule has 0 aliphatic rings. The monoisotopic (exact) mass is 321 g/mol. The van der Waals surface area contributed by atoms with Crippen molar-refractivity contribution < 1.29 is 4.79 Å². The zero-order chi connectivity index (χ0) is 11.4. The smallest absolute Gasteiger partial charge is 0.244 e. The van der Waals surface area contributed by atoms with Gasteiger partial charge in [0.1, 0.15) is 6.04 Å². The zero-order valence-corrected chi connectivity index (χ0v) is 11.4. The van der Waals surface area contributed by atoms with E-state index in [-0.39, 0.29) is 11.9 Å². The van der Waals surface area contributed by atoms with Gasteiger partial charge in [0.25, 0.3) is 0 Å². The number of nitrogens with one attached hydrogen (secondary N) is 1. The second kappa shape index (κ2) is 5.48. The van der Waals surface area contributed by atoms with E-state index < -0.39 is 0 Å². The van der Waals surface area contributed by atoms with Crippen LogP contribution >= 0.6 is 22.6 Å². The van der Waals surface area contributed by atoms with Gasteiger partial charge in [-0.15, -0.1) is 0 Å². The second-order valence-corrected chi connectivity index (χ2v) is 5.20. The van der Waals surface area contributed by atoms with E-state index >= 15 is 0 Å². The van der Waals surface area contributed by atoms with Gasteiger partial charge in [-0.25, -0.2) is 0 Å². The average Bonchev–Trinajstić information content (AvgIpc) is 2.60. The van der Waals surface area contributed by atoms with Gasteiger partial charge >= 0.3 is 0 Å². The number of nitrogens with zero attached hydrogens (tertiary/aromatic N) is 2. The Kier molecular flexibility index (Phi) is 4.56. The van der Waals surface area contributed by atoms with E-state index in [0.29, 0.717) is 12.5 Å². The lowest BCUT2D eigenvalue weighted by molar-refractivity contribution is -0.124. The highest BCUT2D eigenvalue weighted by molar-refractivity contribution is 14.1. The quantitative estimate of drug-likeness (QED) is 0.860. The Morgan fingerprint density at radius 3 is 2.73 bits per heavy atom. The minimum Gasteiger partial charge on any atom is -0.354 e. The van der Waals surface area contributed by atoms with Crippen molar-refractivity contribution in [3.63, 3.8) is 0 Å². The fourth-order valence-corrected chi connectivity index (χ4v) is 1.51. The zero-order valence-electron chi connectivity index (χ0n) is 9.20. The molecule has 0 spiro atoms. The average molecular weight is 321 g/mol. The molecule has 5 heteroatoms. The van der Waals surface area contributed by atoms with Crippen LogP contribution in [-0.4, -0.2) is 22.2 Å². The summed E-state index contributed by atoms with van der Waals surface area (Å²) in [5, 5.41) is 7.00. The minimum atomic E-state index is -0.243. The second-order valence-electron chi connectivity index (χ2n) is 3.95. The van der Waals surface area contributed by atoms with Gasteiger partial charge < -0.3 is 5.32 Å². The van der Waals surface area contributed by atoms with E-state index in [0.717, 1.165) is 3.57 Å². The number of hydrogen-bond acceptors (Lipinski definition) is 2. The maximum absolute atomic E-state index is 11.7. The molecule has 15 heavy (non-hydrogen) atoms. The topological polar surface area (TPSA) is 46.9 Å². The van der Waals surface area contributed by atoms with Crippen molar-refractivity contribution in [1.82, 2.24) is 15.1 Å². The molecule has 1 rings (SSSR count). The Bertz CT molecular complexity index is 335. The predicted octanol–water partition coefficient (Wildman–Crippen LogP) is 1.82.